The first-order valence-electron chi connectivity index (χ1n) is 6.86. The number of nitrogens with one attached hydrogen (secondary N) is 1. The van der Waals surface area contributed by atoms with Crippen molar-refractivity contribution < 1.29 is 0 Å². The number of thiophene rings is 1. The van der Waals surface area contributed by atoms with Crippen LogP contribution in [0.3, 0.4) is 0 Å². The van der Waals surface area contributed by atoms with Crippen molar-refractivity contribution in [2.24, 2.45) is 0 Å². The predicted molar refractivity (Wildman–Crippen MR) is 77.4 cm³/mol. The van der Waals surface area contributed by atoms with Gasteiger partial charge in [0.05, 0.1) is 6.04 Å². The third kappa shape index (κ3) is 2.44. The van der Waals surface area contributed by atoms with Crippen molar-refractivity contribution in [2.45, 2.75) is 52.7 Å². The first-order chi connectivity index (χ1) is 9.15. The van der Waals surface area contributed by atoms with Crippen LogP contribution in [0, 0.1) is 13.8 Å². The number of aryl methyl sites for hydroxylation is 3. The Balaban J connectivity index is 1.68. The van der Waals surface area contributed by atoms with Crippen LogP contribution >= 0.6 is 11.3 Å². The van der Waals surface area contributed by atoms with E-state index >= 15 is 0 Å². The Bertz CT molecular complexity index is 584. The summed E-state index contributed by atoms with van der Waals surface area (Å²) < 4.78 is 2.27. The molecule has 19 heavy (non-hydrogen) atoms. The van der Waals surface area contributed by atoms with Crippen molar-refractivity contribution in [2.75, 3.05) is 0 Å². The van der Waals surface area contributed by atoms with E-state index in [1.807, 2.05) is 11.3 Å². The molecule has 1 aliphatic rings. The van der Waals surface area contributed by atoms with Crippen LogP contribution in [0.15, 0.2) is 6.07 Å². The van der Waals surface area contributed by atoms with E-state index in [1.165, 1.54) is 21.7 Å². The lowest BCUT2D eigenvalue weighted by Gasteiger charge is -2.13. The Kier molecular flexibility index (Phi) is 3.41. The number of nitrogens with zero attached hydrogens (tertiary/aromatic N) is 3. The minimum absolute atomic E-state index is 0.249. The van der Waals surface area contributed by atoms with Crippen molar-refractivity contribution in [1.29, 1.82) is 0 Å². The van der Waals surface area contributed by atoms with Gasteiger partial charge in [-0.1, -0.05) is 0 Å². The van der Waals surface area contributed by atoms with Crippen molar-refractivity contribution in [1.82, 2.24) is 20.1 Å². The molecule has 0 aliphatic carbocycles. The van der Waals surface area contributed by atoms with Gasteiger partial charge in [0.25, 0.3) is 0 Å². The Morgan fingerprint density at radius 2 is 2.26 bits per heavy atom. The topological polar surface area (TPSA) is 42.7 Å². The molecule has 0 bridgehead atoms. The molecule has 2 aromatic heterocycles. The quantitative estimate of drug-likeness (QED) is 0.933. The van der Waals surface area contributed by atoms with Gasteiger partial charge in [-0.2, -0.15) is 0 Å². The van der Waals surface area contributed by atoms with Gasteiger partial charge < -0.3 is 9.88 Å². The predicted octanol–water partition coefficient (Wildman–Crippen LogP) is 2.75. The van der Waals surface area contributed by atoms with Crippen LogP contribution in [0.2, 0.25) is 0 Å². The molecule has 0 radical (unpaired) electrons. The summed E-state index contributed by atoms with van der Waals surface area (Å²) in [4.78, 5) is 2.79. The molecule has 2 aromatic rings. The van der Waals surface area contributed by atoms with Crippen LogP contribution < -0.4 is 5.32 Å². The van der Waals surface area contributed by atoms with Crippen molar-refractivity contribution in [3.63, 3.8) is 0 Å². The van der Waals surface area contributed by atoms with E-state index in [4.69, 9.17) is 0 Å². The second kappa shape index (κ2) is 5.06. The molecule has 1 N–H and O–H groups in total. The van der Waals surface area contributed by atoms with E-state index < -0.39 is 0 Å². The molecule has 0 spiro atoms. The molecule has 3 heterocycles. The van der Waals surface area contributed by atoms with Gasteiger partial charge in [-0.15, -0.1) is 21.5 Å². The van der Waals surface area contributed by atoms with Crippen molar-refractivity contribution in [3.8, 4) is 0 Å². The number of fused-ring (bicyclic) bond motifs is 1. The van der Waals surface area contributed by atoms with E-state index in [9.17, 15) is 0 Å². The van der Waals surface area contributed by atoms with Gasteiger partial charge in [-0.25, -0.2) is 0 Å². The number of hydrogen-bond donors (Lipinski definition) is 1. The zero-order valence-electron chi connectivity index (χ0n) is 11.7. The summed E-state index contributed by atoms with van der Waals surface area (Å²) >= 11 is 1.87. The first kappa shape index (κ1) is 12.8. The van der Waals surface area contributed by atoms with E-state index in [1.54, 1.807) is 0 Å². The Labute approximate surface area is 117 Å². The van der Waals surface area contributed by atoms with Gasteiger partial charge in [-0.05, 0) is 38.8 Å². The van der Waals surface area contributed by atoms with Crippen LogP contribution in [0.1, 0.15) is 46.4 Å². The molecule has 0 saturated carbocycles. The molecule has 3 rings (SSSR count). The van der Waals surface area contributed by atoms with Crippen LogP contribution in [0.4, 0.5) is 0 Å². The molecular weight excluding hydrogens is 256 g/mol. The highest BCUT2D eigenvalue weighted by Crippen LogP contribution is 2.22. The van der Waals surface area contributed by atoms with Gasteiger partial charge in [0.1, 0.15) is 11.6 Å². The zero-order valence-corrected chi connectivity index (χ0v) is 12.5. The maximum absolute atomic E-state index is 4.33. The summed E-state index contributed by atoms with van der Waals surface area (Å²) in [5, 5.41) is 12.2. The first-order valence-corrected chi connectivity index (χ1v) is 7.68. The van der Waals surface area contributed by atoms with E-state index in [0.29, 0.717) is 0 Å². The third-order valence-electron chi connectivity index (χ3n) is 3.77. The third-order valence-corrected chi connectivity index (χ3v) is 4.78. The second-order valence-corrected chi connectivity index (χ2v) is 6.73. The minimum Gasteiger partial charge on any atom is -0.314 e. The molecule has 0 fully saturated rings. The summed E-state index contributed by atoms with van der Waals surface area (Å²) in [6.07, 6.45) is 2.27. The summed E-state index contributed by atoms with van der Waals surface area (Å²) in [6.45, 7) is 8.49. The lowest BCUT2D eigenvalue weighted by molar-refractivity contribution is 0.515. The lowest BCUT2D eigenvalue weighted by atomic mass is 10.2. The van der Waals surface area contributed by atoms with Gasteiger partial charge in [0, 0.05) is 29.3 Å². The number of rotatable bonds is 4. The Morgan fingerprint density at radius 1 is 1.42 bits per heavy atom. The molecule has 1 aliphatic heterocycles. The average Bonchev–Trinajstić information content (AvgIpc) is 3.01. The van der Waals surface area contributed by atoms with Crippen LogP contribution in [0.5, 0.6) is 0 Å². The molecule has 4 nitrogen and oxygen atoms in total. The fraction of sp³-hybridized carbons (Fsp3) is 0.571. The normalized spacial score (nSPS) is 15.7. The van der Waals surface area contributed by atoms with Crippen molar-refractivity contribution >= 4 is 11.3 Å². The van der Waals surface area contributed by atoms with Crippen molar-refractivity contribution in [3.05, 3.63) is 33.0 Å². The molecule has 1 unspecified atom stereocenters. The molecule has 5 heteroatoms. The summed E-state index contributed by atoms with van der Waals surface area (Å²) in [5.74, 6) is 2.23. The van der Waals surface area contributed by atoms with Gasteiger partial charge in [-0.3, -0.25) is 0 Å². The fourth-order valence-electron chi connectivity index (χ4n) is 2.71. The van der Waals surface area contributed by atoms with Crippen LogP contribution in [-0.4, -0.2) is 14.8 Å². The summed E-state index contributed by atoms with van der Waals surface area (Å²) in [7, 11) is 0. The molecule has 0 amide bonds. The monoisotopic (exact) mass is 276 g/mol. The standard InChI is InChI=1S/C14H20N4S/c1-9-7-12(11(3)19-9)8-15-10(2)14-17-16-13-5-4-6-18(13)14/h7,10,15H,4-6,8H2,1-3H3. The smallest absolute Gasteiger partial charge is 0.149 e. The highest BCUT2D eigenvalue weighted by atomic mass is 32.1. The van der Waals surface area contributed by atoms with E-state index in [2.05, 4.69) is 46.9 Å². The molecular formula is C14H20N4S. The highest BCUT2D eigenvalue weighted by Gasteiger charge is 2.21. The zero-order chi connectivity index (χ0) is 13.4. The Hall–Kier alpha value is -1.20. The second-order valence-electron chi connectivity index (χ2n) is 5.27. The highest BCUT2D eigenvalue weighted by molar-refractivity contribution is 7.12. The number of hydrogen-bond acceptors (Lipinski definition) is 4. The minimum atomic E-state index is 0.249. The molecule has 0 saturated heterocycles. The average molecular weight is 276 g/mol. The fourth-order valence-corrected chi connectivity index (χ4v) is 3.65. The van der Waals surface area contributed by atoms with Crippen LogP contribution in [0.25, 0.3) is 0 Å². The molecule has 102 valence electrons. The van der Waals surface area contributed by atoms with E-state index in [-0.39, 0.29) is 6.04 Å². The lowest BCUT2D eigenvalue weighted by Crippen LogP contribution is -2.21. The van der Waals surface area contributed by atoms with Gasteiger partial charge in [0.2, 0.25) is 0 Å². The van der Waals surface area contributed by atoms with Gasteiger partial charge >= 0.3 is 0 Å². The summed E-state index contributed by atoms with van der Waals surface area (Å²) in [5.41, 5.74) is 1.40. The van der Waals surface area contributed by atoms with Crippen LogP contribution in [-0.2, 0) is 19.5 Å². The number of aromatic nitrogens is 3. The summed E-state index contributed by atoms with van der Waals surface area (Å²) in [6, 6.07) is 2.52. The van der Waals surface area contributed by atoms with E-state index in [0.717, 1.165) is 31.2 Å². The Morgan fingerprint density at radius 3 is 3.00 bits per heavy atom. The maximum atomic E-state index is 4.33. The largest absolute Gasteiger partial charge is 0.314 e. The SMILES string of the molecule is Cc1cc(CNC(C)c2nnc3n2CCC3)c(C)s1. The molecule has 1 atom stereocenters. The van der Waals surface area contributed by atoms with Gasteiger partial charge in [0.15, 0.2) is 0 Å². The maximum Gasteiger partial charge on any atom is 0.149 e. The molecule has 0 aromatic carbocycles.